The lowest BCUT2D eigenvalue weighted by atomic mass is 10.1. The van der Waals surface area contributed by atoms with E-state index in [-0.39, 0.29) is 29.0 Å². The highest BCUT2D eigenvalue weighted by Crippen LogP contribution is 2.28. The van der Waals surface area contributed by atoms with Crippen LogP contribution in [0.5, 0.6) is 0 Å². The van der Waals surface area contributed by atoms with Crippen LogP contribution in [0.25, 0.3) is 0 Å². The second-order valence-electron chi connectivity index (χ2n) is 7.01. The fraction of sp³-hybridized carbons (Fsp3) is 0.647. The SMILES string of the molecule is Cc1ccc(S(=O)(=O)N(C[C@@H]2CCCO2)[C@H]2CCS(=O)(=O)C2)cc1C. The molecule has 0 aromatic heterocycles. The van der Waals surface area contributed by atoms with Crippen molar-refractivity contribution in [3.05, 3.63) is 29.3 Å². The number of rotatable bonds is 5. The van der Waals surface area contributed by atoms with E-state index < -0.39 is 25.9 Å². The van der Waals surface area contributed by atoms with Gasteiger partial charge in [-0.1, -0.05) is 6.07 Å². The van der Waals surface area contributed by atoms with Gasteiger partial charge < -0.3 is 4.74 Å². The first-order chi connectivity index (χ1) is 11.7. The van der Waals surface area contributed by atoms with E-state index in [1.165, 1.54) is 4.31 Å². The first-order valence-corrected chi connectivity index (χ1v) is 11.9. The zero-order valence-electron chi connectivity index (χ0n) is 14.6. The Kier molecular flexibility index (Phi) is 5.26. The van der Waals surface area contributed by atoms with Gasteiger partial charge in [0.05, 0.1) is 22.5 Å². The summed E-state index contributed by atoms with van der Waals surface area (Å²) in [6.07, 6.45) is 1.90. The fourth-order valence-corrected chi connectivity index (χ4v) is 7.04. The van der Waals surface area contributed by atoms with Gasteiger partial charge in [0.25, 0.3) is 0 Å². The van der Waals surface area contributed by atoms with Crippen molar-refractivity contribution >= 4 is 19.9 Å². The maximum absolute atomic E-state index is 13.3. The lowest BCUT2D eigenvalue weighted by Crippen LogP contribution is -2.45. The van der Waals surface area contributed by atoms with Crippen molar-refractivity contribution in [3.63, 3.8) is 0 Å². The average Bonchev–Trinajstić information content (AvgIpc) is 3.16. The summed E-state index contributed by atoms with van der Waals surface area (Å²) in [5.74, 6) is -0.0636. The van der Waals surface area contributed by atoms with E-state index in [0.29, 0.717) is 13.0 Å². The Labute approximate surface area is 150 Å². The number of hydrogen-bond acceptors (Lipinski definition) is 5. The number of sulfonamides is 1. The van der Waals surface area contributed by atoms with Crippen LogP contribution >= 0.6 is 0 Å². The summed E-state index contributed by atoms with van der Waals surface area (Å²) in [5, 5.41) is 0. The summed E-state index contributed by atoms with van der Waals surface area (Å²) in [5.41, 5.74) is 1.92. The van der Waals surface area contributed by atoms with Crippen LogP contribution in [0.3, 0.4) is 0 Å². The summed E-state index contributed by atoms with van der Waals surface area (Å²) >= 11 is 0. The molecule has 2 aliphatic heterocycles. The molecule has 2 saturated heterocycles. The maximum atomic E-state index is 13.3. The molecule has 2 heterocycles. The monoisotopic (exact) mass is 387 g/mol. The predicted molar refractivity (Wildman–Crippen MR) is 95.8 cm³/mol. The van der Waals surface area contributed by atoms with Crippen LogP contribution in [0.15, 0.2) is 23.1 Å². The molecule has 0 N–H and O–H groups in total. The molecule has 1 aromatic rings. The summed E-state index contributed by atoms with van der Waals surface area (Å²) in [7, 11) is -6.95. The van der Waals surface area contributed by atoms with E-state index in [2.05, 4.69) is 0 Å². The van der Waals surface area contributed by atoms with Crippen molar-refractivity contribution in [3.8, 4) is 0 Å². The topological polar surface area (TPSA) is 80.8 Å². The van der Waals surface area contributed by atoms with Gasteiger partial charge >= 0.3 is 0 Å². The Morgan fingerprint density at radius 1 is 1.20 bits per heavy atom. The Balaban J connectivity index is 1.95. The average molecular weight is 388 g/mol. The molecule has 0 aliphatic carbocycles. The quantitative estimate of drug-likeness (QED) is 0.768. The third-order valence-electron chi connectivity index (χ3n) is 5.11. The predicted octanol–water partition coefficient (Wildman–Crippen LogP) is 1.66. The summed E-state index contributed by atoms with van der Waals surface area (Å²) < 4.78 is 57.3. The van der Waals surface area contributed by atoms with Crippen LogP contribution in [0, 0.1) is 13.8 Å². The molecular weight excluding hydrogens is 362 g/mol. The van der Waals surface area contributed by atoms with Crippen LogP contribution in [-0.4, -0.2) is 57.9 Å². The summed E-state index contributed by atoms with van der Waals surface area (Å²) in [6, 6.07) is 4.54. The zero-order chi connectivity index (χ0) is 18.2. The molecule has 2 fully saturated rings. The van der Waals surface area contributed by atoms with Gasteiger partial charge in [0, 0.05) is 19.2 Å². The number of nitrogens with zero attached hydrogens (tertiary/aromatic N) is 1. The first-order valence-electron chi connectivity index (χ1n) is 8.60. The highest BCUT2D eigenvalue weighted by Gasteiger charge is 2.40. The van der Waals surface area contributed by atoms with Crippen molar-refractivity contribution in [1.29, 1.82) is 0 Å². The fourth-order valence-electron chi connectivity index (χ4n) is 3.44. The molecule has 0 amide bonds. The number of benzene rings is 1. The van der Waals surface area contributed by atoms with Gasteiger partial charge in [0.1, 0.15) is 0 Å². The molecule has 0 unspecified atom stereocenters. The number of aryl methyl sites for hydroxylation is 2. The highest BCUT2D eigenvalue weighted by molar-refractivity contribution is 7.92. The molecule has 0 spiro atoms. The smallest absolute Gasteiger partial charge is 0.243 e. The van der Waals surface area contributed by atoms with Gasteiger partial charge in [0.15, 0.2) is 9.84 Å². The minimum absolute atomic E-state index is 0.0438. The largest absolute Gasteiger partial charge is 0.377 e. The molecule has 0 bridgehead atoms. The minimum atomic E-state index is -3.77. The van der Waals surface area contributed by atoms with E-state index in [9.17, 15) is 16.8 Å². The Bertz CT molecular complexity index is 842. The molecule has 140 valence electrons. The molecule has 1 aromatic carbocycles. The number of sulfone groups is 1. The summed E-state index contributed by atoms with van der Waals surface area (Å²) in [6.45, 7) is 4.65. The van der Waals surface area contributed by atoms with E-state index in [0.717, 1.165) is 24.0 Å². The normalized spacial score (nSPS) is 26.4. The summed E-state index contributed by atoms with van der Waals surface area (Å²) in [4.78, 5) is 0.220. The van der Waals surface area contributed by atoms with E-state index >= 15 is 0 Å². The zero-order valence-corrected chi connectivity index (χ0v) is 16.3. The number of hydrogen-bond donors (Lipinski definition) is 0. The molecule has 0 saturated carbocycles. The number of ether oxygens (including phenoxy) is 1. The van der Waals surface area contributed by atoms with Crippen molar-refractivity contribution in [2.24, 2.45) is 0 Å². The molecule has 8 heteroatoms. The first kappa shape index (κ1) is 18.8. The second-order valence-corrected chi connectivity index (χ2v) is 11.1. The van der Waals surface area contributed by atoms with Crippen LogP contribution in [0.1, 0.15) is 30.4 Å². The molecule has 3 rings (SSSR count). The van der Waals surface area contributed by atoms with Gasteiger partial charge in [-0.25, -0.2) is 16.8 Å². The van der Waals surface area contributed by atoms with Crippen molar-refractivity contribution in [2.75, 3.05) is 24.7 Å². The molecule has 2 aliphatic rings. The minimum Gasteiger partial charge on any atom is -0.377 e. The lowest BCUT2D eigenvalue weighted by molar-refractivity contribution is 0.0877. The van der Waals surface area contributed by atoms with E-state index in [1.807, 2.05) is 13.8 Å². The van der Waals surface area contributed by atoms with Crippen LogP contribution in [0.2, 0.25) is 0 Å². The van der Waals surface area contributed by atoms with Crippen LogP contribution < -0.4 is 0 Å². The molecule has 25 heavy (non-hydrogen) atoms. The van der Waals surface area contributed by atoms with Gasteiger partial charge in [-0.15, -0.1) is 0 Å². The van der Waals surface area contributed by atoms with Crippen molar-refractivity contribution in [1.82, 2.24) is 4.31 Å². The van der Waals surface area contributed by atoms with E-state index in [1.54, 1.807) is 18.2 Å². The van der Waals surface area contributed by atoms with Crippen molar-refractivity contribution in [2.45, 2.75) is 50.2 Å². The Morgan fingerprint density at radius 2 is 1.96 bits per heavy atom. The molecule has 0 radical (unpaired) electrons. The van der Waals surface area contributed by atoms with E-state index in [4.69, 9.17) is 4.74 Å². The molecule has 6 nitrogen and oxygen atoms in total. The highest BCUT2D eigenvalue weighted by atomic mass is 32.2. The van der Waals surface area contributed by atoms with Gasteiger partial charge in [-0.05, 0) is 56.4 Å². The lowest BCUT2D eigenvalue weighted by Gasteiger charge is -2.29. The van der Waals surface area contributed by atoms with Crippen LogP contribution in [0.4, 0.5) is 0 Å². The second kappa shape index (κ2) is 6.98. The van der Waals surface area contributed by atoms with Crippen molar-refractivity contribution < 1.29 is 21.6 Å². The van der Waals surface area contributed by atoms with Gasteiger partial charge in [-0.3, -0.25) is 0 Å². The Morgan fingerprint density at radius 3 is 2.52 bits per heavy atom. The van der Waals surface area contributed by atoms with Crippen LogP contribution in [-0.2, 0) is 24.6 Å². The van der Waals surface area contributed by atoms with Gasteiger partial charge in [-0.2, -0.15) is 4.31 Å². The Hall–Kier alpha value is -0.960. The maximum Gasteiger partial charge on any atom is 0.243 e. The van der Waals surface area contributed by atoms with Gasteiger partial charge in [0.2, 0.25) is 10.0 Å². The standard InChI is InChI=1S/C17H25NO5S2/c1-13-5-6-17(10-14(13)2)25(21,22)18(11-16-4-3-8-23-16)15-7-9-24(19,20)12-15/h5-6,10,15-16H,3-4,7-9,11-12H2,1-2H3/t15-,16-/m0/s1. The molecular formula is C17H25NO5S2. The third-order valence-corrected chi connectivity index (χ3v) is 8.77. The molecule has 2 atom stereocenters. The third kappa shape index (κ3) is 4.07.